The van der Waals surface area contributed by atoms with Crippen LogP contribution in [0.2, 0.25) is 0 Å². The highest BCUT2D eigenvalue weighted by atomic mass is 16.5. The van der Waals surface area contributed by atoms with Gasteiger partial charge in [-0.25, -0.2) is 9.97 Å². The summed E-state index contributed by atoms with van der Waals surface area (Å²) in [5.41, 5.74) is 1.96. The Balaban J connectivity index is 1.61. The number of pyridine rings is 1. The quantitative estimate of drug-likeness (QED) is 0.790. The average molecular weight is 397 g/mol. The molecule has 0 spiro atoms. The highest BCUT2D eigenvalue weighted by molar-refractivity contribution is 5.77. The molecule has 3 atom stereocenters. The van der Waals surface area contributed by atoms with E-state index in [0.717, 1.165) is 36.7 Å². The fourth-order valence-electron chi connectivity index (χ4n) is 4.57. The number of nitrogens with zero attached hydrogens (tertiary/aromatic N) is 4. The van der Waals surface area contributed by atoms with E-state index in [1.807, 2.05) is 36.6 Å². The zero-order valence-electron chi connectivity index (χ0n) is 16.9. The predicted molar refractivity (Wildman–Crippen MR) is 109 cm³/mol. The third-order valence-electron chi connectivity index (χ3n) is 5.86. The maximum atomic E-state index is 12.7. The summed E-state index contributed by atoms with van der Waals surface area (Å²) in [6.07, 6.45) is 2.59. The van der Waals surface area contributed by atoms with Gasteiger partial charge in [-0.05, 0) is 32.3 Å². The number of fused-ring (bicyclic) bond motifs is 4. The summed E-state index contributed by atoms with van der Waals surface area (Å²) in [5.74, 6) is 1.26. The van der Waals surface area contributed by atoms with Gasteiger partial charge in [-0.3, -0.25) is 9.59 Å². The molecule has 29 heavy (non-hydrogen) atoms. The largest absolute Gasteiger partial charge is 0.372 e. The van der Waals surface area contributed by atoms with Crippen molar-refractivity contribution in [3.05, 3.63) is 52.3 Å². The Kier molecular flexibility index (Phi) is 5.62. The van der Waals surface area contributed by atoms with Crippen LogP contribution in [-0.2, 0) is 9.53 Å². The van der Waals surface area contributed by atoms with Crippen molar-refractivity contribution in [3.63, 3.8) is 0 Å². The first-order chi connectivity index (χ1) is 14.1. The molecule has 2 aromatic rings. The maximum absolute atomic E-state index is 12.7. The Morgan fingerprint density at radius 3 is 2.97 bits per heavy atom. The first-order valence-electron chi connectivity index (χ1n) is 10.2. The van der Waals surface area contributed by atoms with Crippen molar-refractivity contribution in [1.82, 2.24) is 19.9 Å². The van der Waals surface area contributed by atoms with Crippen molar-refractivity contribution in [2.45, 2.75) is 32.2 Å². The number of piperidine rings is 1. The third-order valence-corrected chi connectivity index (χ3v) is 5.86. The van der Waals surface area contributed by atoms with Gasteiger partial charge in [-0.15, -0.1) is 0 Å². The normalized spacial score (nSPS) is 22.8. The smallest absolute Gasteiger partial charge is 0.251 e. The fraction of sp³-hybridized carbons (Fsp3) is 0.524. The van der Waals surface area contributed by atoms with E-state index in [9.17, 15) is 9.59 Å². The van der Waals surface area contributed by atoms with E-state index in [1.165, 1.54) is 0 Å². The summed E-state index contributed by atoms with van der Waals surface area (Å²) in [6.45, 7) is 6.38. The predicted octanol–water partition coefficient (Wildman–Crippen LogP) is 1.26. The molecule has 0 unspecified atom stereocenters. The SMILES string of the molecule is CCOCC(=O)NC[C@H]1[C@H]2C[C@H](CN(c3cc(C)ncn3)C2)c2cccc(=O)n21. The lowest BCUT2D eigenvalue weighted by molar-refractivity contribution is -0.125. The van der Waals surface area contributed by atoms with Crippen molar-refractivity contribution in [2.75, 3.05) is 37.7 Å². The number of anilines is 1. The Bertz CT molecular complexity index is 944. The average Bonchev–Trinajstić information content (AvgIpc) is 2.72. The first kappa shape index (κ1) is 19.6. The van der Waals surface area contributed by atoms with Gasteiger partial charge in [-0.1, -0.05) is 6.07 Å². The minimum atomic E-state index is -0.154. The molecule has 154 valence electrons. The van der Waals surface area contributed by atoms with Crippen LogP contribution in [0, 0.1) is 12.8 Å². The van der Waals surface area contributed by atoms with E-state index in [4.69, 9.17) is 4.74 Å². The molecule has 8 heteroatoms. The van der Waals surface area contributed by atoms with Gasteiger partial charge in [0.25, 0.3) is 5.56 Å². The van der Waals surface area contributed by atoms with Crippen LogP contribution >= 0.6 is 0 Å². The van der Waals surface area contributed by atoms with Crippen LogP contribution in [0.1, 0.15) is 36.7 Å². The number of nitrogens with one attached hydrogen (secondary N) is 1. The Labute approximate surface area is 169 Å². The van der Waals surface area contributed by atoms with Gasteiger partial charge in [0.2, 0.25) is 5.91 Å². The second-order valence-electron chi connectivity index (χ2n) is 7.78. The summed E-state index contributed by atoms with van der Waals surface area (Å²) >= 11 is 0. The van der Waals surface area contributed by atoms with E-state index in [1.54, 1.807) is 12.4 Å². The third kappa shape index (κ3) is 4.03. The highest BCUT2D eigenvalue weighted by Crippen LogP contribution is 2.41. The minimum absolute atomic E-state index is 0.00686. The molecule has 1 amide bonds. The summed E-state index contributed by atoms with van der Waals surface area (Å²) in [5, 5.41) is 2.95. The molecule has 2 aliphatic rings. The van der Waals surface area contributed by atoms with Gasteiger partial charge in [-0.2, -0.15) is 0 Å². The van der Waals surface area contributed by atoms with Gasteiger partial charge in [0.15, 0.2) is 0 Å². The number of hydrogen-bond donors (Lipinski definition) is 1. The van der Waals surface area contributed by atoms with Crippen LogP contribution < -0.4 is 15.8 Å². The maximum Gasteiger partial charge on any atom is 0.251 e. The number of ether oxygens (including phenoxy) is 1. The number of rotatable bonds is 6. The number of hydrogen-bond acceptors (Lipinski definition) is 6. The van der Waals surface area contributed by atoms with Crippen molar-refractivity contribution in [3.8, 4) is 0 Å². The second kappa shape index (κ2) is 8.32. The highest BCUT2D eigenvalue weighted by Gasteiger charge is 2.41. The molecule has 2 bridgehead atoms. The zero-order valence-corrected chi connectivity index (χ0v) is 16.9. The van der Waals surface area contributed by atoms with E-state index < -0.39 is 0 Å². The molecule has 1 fully saturated rings. The number of aromatic nitrogens is 3. The topological polar surface area (TPSA) is 89.3 Å². The van der Waals surface area contributed by atoms with Crippen LogP contribution in [-0.4, -0.2) is 53.3 Å². The summed E-state index contributed by atoms with van der Waals surface area (Å²) in [4.78, 5) is 35.7. The molecule has 1 N–H and O–H groups in total. The fourth-order valence-corrected chi connectivity index (χ4v) is 4.57. The van der Waals surface area contributed by atoms with Crippen LogP contribution in [0.15, 0.2) is 35.4 Å². The van der Waals surface area contributed by atoms with E-state index in [-0.39, 0.29) is 36.0 Å². The monoisotopic (exact) mass is 397 g/mol. The van der Waals surface area contributed by atoms with Gasteiger partial charge in [0.05, 0.1) is 6.04 Å². The van der Waals surface area contributed by atoms with Crippen LogP contribution in [0.3, 0.4) is 0 Å². The molecular weight excluding hydrogens is 370 g/mol. The molecule has 0 aliphatic carbocycles. The molecule has 2 aliphatic heterocycles. The van der Waals surface area contributed by atoms with Crippen molar-refractivity contribution < 1.29 is 9.53 Å². The van der Waals surface area contributed by atoms with E-state index in [0.29, 0.717) is 13.2 Å². The number of amides is 1. The van der Waals surface area contributed by atoms with Gasteiger partial charge >= 0.3 is 0 Å². The molecule has 4 heterocycles. The lowest BCUT2D eigenvalue weighted by Crippen LogP contribution is -2.52. The zero-order chi connectivity index (χ0) is 20.4. The Hall–Kier alpha value is -2.74. The molecule has 0 saturated carbocycles. The molecule has 0 aromatic carbocycles. The van der Waals surface area contributed by atoms with Gasteiger partial charge in [0.1, 0.15) is 18.8 Å². The molecule has 2 aromatic heterocycles. The second-order valence-corrected chi connectivity index (χ2v) is 7.78. The summed E-state index contributed by atoms with van der Waals surface area (Å²) < 4.78 is 7.08. The van der Waals surface area contributed by atoms with Crippen molar-refractivity contribution in [2.24, 2.45) is 5.92 Å². The standard InChI is InChI=1S/C21H27N5O3/c1-3-29-12-20(27)22-9-18-16-8-15(17-5-4-6-21(28)26(17)18)10-25(11-16)19-7-14(2)23-13-24-19/h4-7,13,15-16,18H,3,8-12H2,1-2H3,(H,22,27)/t15-,16+,18+/m1/s1. The first-order valence-corrected chi connectivity index (χ1v) is 10.2. The molecule has 1 saturated heterocycles. The molecule has 0 radical (unpaired) electrons. The summed E-state index contributed by atoms with van der Waals surface area (Å²) in [7, 11) is 0. The number of carbonyl (C=O) groups is 1. The Morgan fingerprint density at radius 2 is 2.17 bits per heavy atom. The van der Waals surface area contributed by atoms with Crippen molar-refractivity contribution >= 4 is 11.7 Å². The van der Waals surface area contributed by atoms with E-state index >= 15 is 0 Å². The van der Waals surface area contributed by atoms with Crippen LogP contribution in [0.25, 0.3) is 0 Å². The Morgan fingerprint density at radius 1 is 1.31 bits per heavy atom. The van der Waals surface area contributed by atoms with Crippen LogP contribution in [0.5, 0.6) is 0 Å². The minimum Gasteiger partial charge on any atom is -0.372 e. The lowest BCUT2D eigenvalue weighted by Gasteiger charge is -2.47. The van der Waals surface area contributed by atoms with Crippen LogP contribution in [0.4, 0.5) is 5.82 Å². The van der Waals surface area contributed by atoms with Gasteiger partial charge in [0, 0.05) is 55.7 Å². The molecule has 4 rings (SSSR count). The number of carbonyl (C=O) groups excluding carboxylic acids is 1. The molecule has 8 nitrogen and oxygen atoms in total. The van der Waals surface area contributed by atoms with Crippen molar-refractivity contribution in [1.29, 1.82) is 0 Å². The molecular formula is C21H27N5O3. The van der Waals surface area contributed by atoms with Gasteiger partial charge < -0.3 is 19.5 Å². The summed E-state index contributed by atoms with van der Waals surface area (Å²) in [6, 6.07) is 7.37. The lowest BCUT2D eigenvalue weighted by atomic mass is 9.78. The number of aryl methyl sites for hydroxylation is 1. The van der Waals surface area contributed by atoms with E-state index in [2.05, 4.69) is 20.2 Å².